The normalized spacial score (nSPS) is 34.6. The smallest absolute Gasteiger partial charge is 0.227 e. The van der Waals surface area contributed by atoms with E-state index >= 15 is 0 Å². The van der Waals surface area contributed by atoms with Crippen LogP contribution in [0.3, 0.4) is 0 Å². The van der Waals surface area contributed by atoms with Crippen LogP contribution in [-0.2, 0) is 11.2 Å². The second kappa shape index (κ2) is 6.64. The van der Waals surface area contributed by atoms with Crippen molar-refractivity contribution in [2.75, 3.05) is 6.54 Å². The third kappa shape index (κ3) is 3.45. The number of hydrogen-bond donors (Lipinski definition) is 1. The highest BCUT2D eigenvalue weighted by Crippen LogP contribution is 2.36. The second-order valence-corrected chi connectivity index (χ2v) is 7.81. The van der Waals surface area contributed by atoms with Gasteiger partial charge in [0.2, 0.25) is 5.91 Å². The van der Waals surface area contributed by atoms with Gasteiger partial charge in [-0.3, -0.25) is 4.79 Å². The molecule has 1 saturated carbocycles. The highest BCUT2D eigenvalue weighted by Gasteiger charge is 2.43. The van der Waals surface area contributed by atoms with Crippen molar-refractivity contribution in [1.82, 2.24) is 4.90 Å². The fraction of sp³-hybridized carbons (Fsp3) is 0.650. The van der Waals surface area contributed by atoms with Gasteiger partial charge in [0.1, 0.15) is 0 Å². The average molecular weight is 314 g/mol. The molecular weight excluding hydrogens is 284 g/mol. The molecule has 1 aliphatic carbocycles. The summed E-state index contributed by atoms with van der Waals surface area (Å²) in [7, 11) is 0. The van der Waals surface area contributed by atoms with Gasteiger partial charge in [0.15, 0.2) is 0 Å². The molecule has 2 fully saturated rings. The lowest BCUT2D eigenvalue weighted by molar-refractivity contribution is -0.139. The number of carbonyl (C=O) groups excluding carboxylic acids is 1. The first-order chi connectivity index (χ1) is 11.0. The standard InChI is InChI=1S/C20H30N2O/c1-15-17(14-16-8-4-3-5-9-16)11-13-22(15)19(23)18-10-6-7-12-20(18,2)21/h3-5,8-9,15,17-18H,6-7,10-14,21H2,1-2H3. The van der Waals surface area contributed by atoms with Gasteiger partial charge in [-0.25, -0.2) is 0 Å². The van der Waals surface area contributed by atoms with E-state index in [1.54, 1.807) is 0 Å². The summed E-state index contributed by atoms with van der Waals surface area (Å²) < 4.78 is 0. The number of benzene rings is 1. The van der Waals surface area contributed by atoms with Gasteiger partial charge in [-0.15, -0.1) is 0 Å². The van der Waals surface area contributed by atoms with Crippen LogP contribution in [-0.4, -0.2) is 28.9 Å². The first kappa shape index (κ1) is 16.5. The Hall–Kier alpha value is -1.35. The monoisotopic (exact) mass is 314 g/mol. The summed E-state index contributed by atoms with van der Waals surface area (Å²) in [6.45, 7) is 5.18. The van der Waals surface area contributed by atoms with Crippen LogP contribution in [0.25, 0.3) is 0 Å². The summed E-state index contributed by atoms with van der Waals surface area (Å²) in [6, 6.07) is 11.0. The highest BCUT2D eigenvalue weighted by atomic mass is 16.2. The molecular formula is C20H30N2O. The maximum absolute atomic E-state index is 13.1. The lowest BCUT2D eigenvalue weighted by atomic mass is 9.74. The van der Waals surface area contributed by atoms with Crippen molar-refractivity contribution in [3.8, 4) is 0 Å². The zero-order valence-electron chi connectivity index (χ0n) is 14.5. The predicted octanol–water partition coefficient (Wildman–Crippen LogP) is 3.37. The van der Waals surface area contributed by atoms with Crippen LogP contribution >= 0.6 is 0 Å². The second-order valence-electron chi connectivity index (χ2n) is 7.81. The van der Waals surface area contributed by atoms with E-state index in [-0.39, 0.29) is 11.5 Å². The number of nitrogens with two attached hydrogens (primary N) is 1. The molecule has 4 atom stereocenters. The first-order valence-corrected chi connectivity index (χ1v) is 9.12. The average Bonchev–Trinajstić information content (AvgIpc) is 2.88. The maximum atomic E-state index is 13.1. The third-order valence-corrected chi connectivity index (χ3v) is 6.09. The molecule has 2 N–H and O–H groups in total. The number of amides is 1. The SMILES string of the molecule is CC1C(Cc2ccccc2)CCN1C(=O)C1CCCCC1(C)N. The minimum absolute atomic E-state index is 0.00850. The predicted molar refractivity (Wildman–Crippen MR) is 94.0 cm³/mol. The first-order valence-electron chi connectivity index (χ1n) is 9.12. The van der Waals surface area contributed by atoms with Crippen LogP contribution in [0, 0.1) is 11.8 Å². The summed E-state index contributed by atoms with van der Waals surface area (Å²) >= 11 is 0. The number of nitrogens with zero attached hydrogens (tertiary/aromatic N) is 1. The lowest BCUT2D eigenvalue weighted by Gasteiger charge is -2.40. The molecule has 126 valence electrons. The van der Waals surface area contributed by atoms with E-state index < -0.39 is 0 Å². The van der Waals surface area contributed by atoms with Crippen molar-refractivity contribution in [3.05, 3.63) is 35.9 Å². The van der Waals surface area contributed by atoms with E-state index in [0.29, 0.717) is 17.9 Å². The quantitative estimate of drug-likeness (QED) is 0.929. The Morgan fingerprint density at radius 1 is 1.26 bits per heavy atom. The minimum Gasteiger partial charge on any atom is -0.339 e. The molecule has 0 bridgehead atoms. The summed E-state index contributed by atoms with van der Waals surface area (Å²) in [6.07, 6.45) is 6.39. The molecule has 1 aromatic rings. The molecule has 0 aromatic heterocycles. The Kier molecular flexibility index (Phi) is 4.77. The molecule has 1 heterocycles. The number of hydrogen-bond acceptors (Lipinski definition) is 2. The van der Waals surface area contributed by atoms with E-state index in [0.717, 1.165) is 45.1 Å². The van der Waals surface area contributed by atoms with Gasteiger partial charge < -0.3 is 10.6 Å². The van der Waals surface area contributed by atoms with Crippen molar-refractivity contribution in [2.45, 2.75) is 64.0 Å². The number of carbonyl (C=O) groups is 1. The van der Waals surface area contributed by atoms with Gasteiger partial charge in [0, 0.05) is 18.1 Å². The molecule has 23 heavy (non-hydrogen) atoms. The molecule has 1 aromatic carbocycles. The van der Waals surface area contributed by atoms with Crippen LogP contribution in [0.15, 0.2) is 30.3 Å². The van der Waals surface area contributed by atoms with Crippen LogP contribution in [0.4, 0.5) is 0 Å². The molecule has 3 rings (SSSR count). The Balaban J connectivity index is 1.66. The van der Waals surface area contributed by atoms with Crippen LogP contribution < -0.4 is 5.73 Å². The maximum Gasteiger partial charge on any atom is 0.227 e. The Morgan fingerprint density at radius 3 is 2.70 bits per heavy atom. The zero-order chi connectivity index (χ0) is 16.4. The highest BCUT2D eigenvalue weighted by molar-refractivity contribution is 5.81. The van der Waals surface area contributed by atoms with Gasteiger partial charge in [-0.05, 0) is 51.0 Å². The zero-order valence-corrected chi connectivity index (χ0v) is 14.5. The van der Waals surface area contributed by atoms with E-state index in [1.807, 2.05) is 0 Å². The summed E-state index contributed by atoms with van der Waals surface area (Å²) in [5.41, 5.74) is 7.49. The molecule has 0 spiro atoms. The summed E-state index contributed by atoms with van der Waals surface area (Å²) in [4.78, 5) is 15.2. The molecule has 4 unspecified atom stereocenters. The van der Waals surface area contributed by atoms with E-state index in [2.05, 4.69) is 49.1 Å². The molecule has 0 radical (unpaired) electrons. The van der Waals surface area contributed by atoms with Gasteiger partial charge in [0.25, 0.3) is 0 Å². The van der Waals surface area contributed by atoms with Gasteiger partial charge in [-0.1, -0.05) is 43.2 Å². The number of likely N-dealkylation sites (tertiary alicyclic amines) is 1. The fourth-order valence-corrected chi connectivity index (χ4v) is 4.47. The third-order valence-electron chi connectivity index (χ3n) is 6.09. The van der Waals surface area contributed by atoms with E-state index in [1.165, 1.54) is 5.56 Å². The Bertz CT molecular complexity index is 540. The van der Waals surface area contributed by atoms with Crippen LogP contribution in [0.2, 0.25) is 0 Å². The van der Waals surface area contributed by atoms with Crippen molar-refractivity contribution in [1.29, 1.82) is 0 Å². The van der Waals surface area contributed by atoms with Crippen molar-refractivity contribution < 1.29 is 4.79 Å². The fourth-order valence-electron chi connectivity index (χ4n) is 4.47. The molecule has 1 aliphatic heterocycles. The van der Waals surface area contributed by atoms with E-state index in [9.17, 15) is 4.79 Å². The molecule has 3 nitrogen and oxygen atoms in total. The largest absolute Gasteiger partial charge is 0.339 e. The van der Waals surface area contributed by atoms with Crippen LogP contribution in [0.1, 0.15) is 51.5 Å². The van der Waals surface area contributed by atoms with Crippen molar-refractivity contribution >= 4 is 5.91 Å². The molecule has 2 aliphatic rings. The topological polar surface area (TPSA) is 46.3 Å². The van der Waals surface area contributed by atoms with Crippen LogP contribution in [0.5, 0.6) is 0 Å². The minimum atomic E-state index is -0.327. The molecule has 3 heteroatoms. The van der Waals surface area contributed by atoms with E-state index in [4.69, 9.17) is 5.73 Å². The van der Waals surface area contributed by atoms with Gasteiger partial charge in [0.05, 0.1) is 5.92 Å². The molecule has 1 amide bonds. The van der Waals surface area contributed by atoms with Gasteiger partial charge in [-0.2, -0.15) is 0 Å². The summed E-state index contributed by atoms with van der Waals surface area (Å²) in [5.74, 6) is 0.876. The van der Waals surface area contributed by atoms with Crippen molar-refractivity contribution in [2.24, 2.45) is 17.6 Å². The lowest BCUT2D eigenvalue weighted by Crippen LogP contribution is -2.54. The van der Waals surface area contributed by atoms with Gasteiger partial charge >= 0.3 is 0 Å². The molecule has 1 saturated heterocycles. The Labute approximate surface area is 140 Å². The Morgan fingerprint density at radius 2 is 2.00 bits per heavy atom. The summed E-state index contributed by atoms with van der Waals surface area (Å²) in [5, 5.41) is 0. The van der Waals surface area contributed by atoms with Crippen molar-refractivity contribution in [3.63, 3.8) is 0 Å². The number of rotatable bonds is 3.